The van der Waals surface area contributed by atoms with Crippen LogP contribution in [-0.2, 0) is 6.54 Å². The topological polar surface area (TPSA) is 36.4 Å². The highest BCUT2D eigenvalue weighted by molar-refractivity contribution is 5.16. The summed E-state index contributed by atoms with van der Waals surface area (Å²) >= 11 is 0. The highest BCUT2D eigenvalue weighted by Crippen LogP contribution is 2.20. The summed E-state index contributed by atoms with van der Waals surface area (Å²) in [5, 5.41) is 9.00. The van der Waals surface area contributed by atoms with Crippen LogP contribution in [0.5, 0.6) is 0 Å². The molecule has 0 radical (unpaired) electrons. The molecule has 1 aliphatic heterocycles. The van der Waals surface area contributed by atoms with Gasteiger partial charge in [0.15, 0.2) is 0 Å². The molecule has 1 aromatic rings. The van der Waals surface area contributed by atoms with E-state index in [-0.39, 0.29) is 0 Å². The van der Waals surface area contributed by atoms with Crippen molar-refractivity contribution in [3.8, 4) is 0 Å². The predicted octanol–water partition coefficient (Wildman–Crippen LogP) is 1.98. The highest BCUT2D eigenvalue weighted by Gasteiger charge is 2.19. The van der Waals surface area contributed by atoms with Gasteiger partial charge >= 0.3 is 0 Å². The average Bonchev–Trinajstić information content (AvgIpc) is 2.30. The lowest BCUT2D eigenvalue weighted by Crippen LogP contribution is -2.35. The fraction of sp³-hybridized carbons (Fsp3) is 0.643. The van der Waals surface area contributed by atoms with Crippen molar-refractivity contribution < 1.29 is 5.11 Å². The smallest absolute Gasteiger partial charge is 0.0434 e. The summed E-state index contributed by atoms with van der Waals surface area (Å²) in [6.45, 7) is 5.70. The first-order valence-electron chi connectivity index (χ1n) is 6.51. The van der Waals surface area contributed by atoms with Gasteiger partial charge in [-0.3, -0.25) is 9.88 Å². The normalized spacial score (nSPS) is 21.6. The number of piperidine rings is 1. The molecule has 3 nitrogen and oxygen atoms in total. The van der Waals surface area contributed by atoms with Crippen molar-refractivity contribution in [2.75, 3.05) is 19.7 Å². The van der Waals surface area contributed by atoms with Gasteiger partial charge in [0.2, 0.25) is 0 Å². The van der Waals surface area contributed by atoms with Crippen molar-refractivity contribution in [2.24, 2.45) is 5.92 Å². The van der Waals surface area contributed by atoms with Crippen LogP contribution in [0, 0.1) is 12.8 Å². The van der Waals surface area contributed by atoms with Gasteiger partial charge in [-0.2, -0.15) is 0 Å². The van der Waals surface area contributed by atoms with Crippen molar-refractivity contribution in [1.82, 2.24) is 9.88 Å². The zero-order valence-corrected chi connectivity index (χ0v) is 10.6. The second kappa shape index (κ2) is 6.12. The fourth-order valence-electron chi connectivity index (χ4n) is 2.68. The average molecular weight is 234 g/mol. The quantitative estimate of drug-likeness (QED) is 0.865. The van der Waals surface area contributed by atoms with Gasteiger partial charge < -0.3 is 5.11 Å². The molecule has 17 heavy (non-hydrogen) atoms. The lowest BCUT2D eigenvalue weighted by atomic mass is 9.95. The van der Waals surface area contributed by atoms with Crippen LogP contribution in [0.3, 0.4) is 0 Å². The van der Waals surface area contributed by atoms with Gasteiger partial charge in [0.1, 0.15) is 0 Å². The Bertz CT molecular complexity index is 352. The Morgan fingerprint density at radius 2 is 2.35 bits per heavy atom. The van der Waals surface area contributed by atoms with E-state index in [0.717, 1.165) is 19.5 Å². The maximum absolute atomic E-state index is 9.00. The third kappa shape index (κ3) is 3.79. The molecule has 0 bridgehead atoms. The van der Waals surface area contributed by atoms with E-state index in [9.17, 15) is 0 Å². The lowest BCUT2D eigenvalue weighted by Gasteiger charge is -2.32. The molecule has 1 fully saturated rings. The van der Waals surface area contributed by atoms with Gasteiger partial charge in [0.05, 0.1) is 0 Å². The second-order valence-corrected chi connectivity index (χ2v) is 5.13. The van der Waals surface area contributed by atoms with Gasteiger partial charge in [0, 0.05) is 32.1 Å². The first-order valence-corrected chi connectivity index (χ1v) is 6.51. The van der Waals surface area contributed by atoms with Crippen LogP contribution in [0.15, 0.2) is 18.5 Å². The molecule has 1 aromatic heterocycles. The largest absolute Gasteiger partial charge is 0.396 e. The minimum atomic E-state index is 0.324. The van der Waals surface area contributed by atoms with E-state index < -0.39 is 0 Å². The van der Waals surface area contributed by atoms with E-state index >= 15 is 0 Å². The Morgan fingerprint density at radius 1 is 1.47 bits per heavy atom. The van der Waals surface area contributed by atoms with Gasteiger partial charge in [-0.1, -0.05) is 6.07 Å². The van der Waals surface area contributed by atoms with E-state index in [0.29, 0.717) is 12.5 Å². The number of aliphatic hydroxyl groups is 1. The van der Waals surface area contributed by atoms with Gasteiger partial charge in [-0.15, -0.1) is 0 Å². The first-order chi connectivity index (χ1) is 8.28. The molecular weight excluding hydrogens is 212 g/mol. The van der Waals surface area contributed by atoms with Crippen LogP contribution < -0.4 is 0 Å². The number of aryl methyl sites for hydroxylation is 1. The number of hydrogen-bond donors (Lipinski definition) is 1. The van der Waals surface area contributed by atoms with Crippen LogP contribution in [0.4, 0.5) is 0 Å². The molecule has 1 atom stereocenters. The number of rotatable bonds is 4. The van der Waals surface area contributed by atoms with Gasteiger partial charge in [0.25, 0.3) is 0 Å². The van der Waals surface area contributed by atoms with Gasteiger partial charge in [-0.25, -0.2) is 0 Å². The molecule has 3 heteroatoms. The Kier molecular flexibility index (Phi) is 4.51. The summed E-state index contributed by atoms with van der Waals surface area (Å²) in [4.78, 5) is 6.72. The van der Waals surface area contributed by atoms with E-state index in [1.54, 1.807) is 0 Å². The SMILES string of the molecule is Cc1cncc(CN2CCCC(CCO)C2)c1. The lowest BCUT2D eigenvalue weighted by molar-refractivity contribution is 0.142. The van der Waals surface area contributed by atoms with Crippen LogP contribution in [0.2, 0.25) is 0 Å². The Balaban J connectivity index is 1.90. The van der Waals surface area contributed by atoms with E-state index in [1.165, 1.54) is 30.5 Å². The van der Waals surface area contributed by atoms with Crippen LogP contribution in [0.25, 0.3) is 0 Å². The highest BCUT2D eigenvalue weighted by atomic mass is 16.3. The molecule has 1 N–H and O–H groups in total. The molecular formula is C14H22N2O. The number of nitrogens with zero attached hydrogens (tertiary/aromatic N) is 2. The van der Waals surface area contributed by atoms with Crippen molar-refractivity contribution in [1.29, 1.82) is 0 Å². The number of likely N-dealkylation sites (tertiary alicyclic amines) is 1. The number of hydrogen-bond acceptors (Lipinski definition) is 3. The summed E-state index contributed by atoms with van der Waals surface area (Å²) in [6.07, 6.45) is 7.33. The zero-order valence-electron chi connectivity index (χ0n) is 10.6. The zero-order chi connectivity index (χ0) is 12.1. The fourth-order valence-corrected chi connectivity index (χ4v) is 2.68. The number of aliphatic hydroxyl groups excluding tert-OH is 1. The number of pyridine rings is 1. The van der Waals surface area contributed by atoms with Crippen molar-refractivity contribution in [2.45, 2.75) is 32.7 Å². The second-order valence-electron chi connectivity index (χ2n) is 5.13. The molecule has 0 aromatic carbocycles. The monoisotopic (exact) mass is 234 g/mol. The standard InChI is InChI=1S/C14H22N2O/c1-12-7-14(9-15-8-12)11-16-5-2-3-13(10-16)4-6-17/h7-9,13,17H,2-6,10-11H2,1H3. The van der Waals surface area contributed by atoms with Crippen molar-refractivity contribution in [3.63, 3.8) is 0 Å². The minimum Gasteiger partial charge on any atom is -0.396 e. The molecule has 0 aliphatic carbocycles. The molecule has 0 saturated carbocycles. The number of aromatic nitrogens is 1. The first kappa shape index (κ1) is 12.5. The molecule has 2 heterocycles. The Morgan fingerprint density at radius 3 is 3.12 bits per heavy atom. The molecule has 0 spiro atoms. The summed E-state index contributed by atoms with van der Waals surface area (Å²) in [7, 11) is 0. The molecule has 1 aliphatic rings. The van der Waals surface area contributed by atoms with Crippen LogP contribution in [-0.4, -0.2) is 34.7 Å². The molecule has 1 unspecified atom stereocenters. The Labute approximate surface area is 103 Å². The van der Waals surface area contributed by atoms with Crippen LogP contribution >= 0.6 is 0 Å². The molecule has 1 saturated heterocycles. The van der Waals surface area contributed by atoms with E-state index in [1.807, 2.05) is 12.4 Å². The predicted molar refractivity (Wildman–Crippen MR) is 68.7 cm³/mol. The third-order valence-corrected chi connectivity index (χ3v) is 3.48. The maximum atomic E-state index is 9.00. The van der Waals surface area contributed by atoms with Gasteiger partial charge in [-0.05, 0) is 49.8 Å². The summed E-state index contributed by atoms with van der Waals surface area (Å²) in [6, 6.07) is 2.21. The van der Waals surface area contributed by atoms with Crippen molar-refractivity contribution in [3.05, 3.63) is 29.6 Å². The Hall–Kier alpha value is -0.930. The maximum Gasteiger partial charge on any atom is 0.0434 e. The minimum absolute atomic E-state index is 0.324. The van der Waals surface area contributed by atoms with E-state index in [4.69, 9.17) is 5.11 Å². The van der Waals surface area contributed by atoms with E-state index in [2.05, 4.69) is 22.9 Å². The summed E-state index contributed by atoms with van der Waals surface area (Å²) in [5.41, 5.74) is 2.53. The summed E-state index contributed by atoms with van der Waals surface area (Å²) < 4.78 is 0. The van der Waals surface area contributed by atoms with Crippen LogP contribution in [0.1, 0.15) is 30.4 Å². The van der Waals surface area contributed by atoms with Crippen molar-refractivity contribution >= 4 is 0 Å². The molecule has 2 rings (SSSR count). The third-order valence-electron chi connectivity index (χ3n) is 3.48. The summed E-state index contributed by atoms with van der Waals surface area (Å²) in [5.74, 6) is 0.673. The molecule has 94 valence electrons. The molecule has 0 amide bonds.